The summed E-state index contributed by atoms with van der Waals surface area (Å²) in [6.45, 7) is 3.36. The Balaban J connectivity index is 1.68. The van der Waals surface area contributed by atoms with E-state index in [-0.39, 0.29) is 10.6 Å². The van der Waals surface area contributed by atoms with E-state index in [9.17, 15) is 17.6 Å². The largest absolute Gasteiger partial charge is 0.344 e. The van der Waals surface area contributed by atoms with E-state index in [1.54, 1.807) is 12.1 Å². The normalized spacial score (nSPS) is 12.1. The number of nitrogens with zero attached hydrogens (tertiary/aromatic N) is 1. The number of amides is 1. The number of halogens is 1. The monoisotopic (exact) mass is 502 g/mol. The molecule has 0 bridgehead atoms. The first kappa shape index (κ1) is 25.1. The maximum absolute atomic E-state index is 13.6. The first-order valence-electron chi connectivity index (χ1n) is 11.5. The van der Waals surface area contributed by atoms with Gasteiger partial charge in [0.25, 0.3) is 10.0 Å². The minimum Gasteiger partial charge on any atom is -0.344 e. The van der Waals surface area contributed by atoms with Crippen LogP contribution in [0.4, 0.5) is 10.1 Å². The Bertz CT molecular complexity index is 1420. The number of carbonyl (C=O) groups excluding carboxylic acids is 1. The van der Waals surface area contributed by atoms with Crippen molar-refractivity contribution in [3.63, 3.8) is 0 Å². The molecule has 0 aliphatic rings. The predicted molar refractivity (Wildman–Crippen MR) is 140 cm³/mol. The number of benzene rings is 4. The Labute approximate surface area is 211 Å². The van der Waals surface area contributed by atoms with E-state index in [4.69, 9.17) is 0 Å². The van der Waals surface area contributed by atoms with E-state index in [0.29, 0.717) is 0 Å². The van der Waals surface area contributed by atoms with Gasteiger partial charge in [-0.2, -0.15) is 0 Å². The molecule has 0 heterocycles. The highest BCUT2D eigenvalue weighted by Gasteiger charge is 2.28. The fraction of sp³-hybridized carbons (Fsp3) is 0.138. The molecule has 0 saturated heterocycles. The SMILES string of the molecule is Cc1ccc([C@@H](NC(=O)CN(c2ccc(F)cc2)S(=O)(=O)c2ccc(C)cc2)c2ccccc2)cc1. The van der Waals surface area contributed by atoms with E-state index in [1.807, 2.05) is 68.4 Å². The van der Waals surface area contributed by atoms with E-state index in [0.717, 1.165) is 26.6 Å². The molecule has 0 radical (unpaired) electrons. The summed E-state index contributed by atoms with van der Waals surface area (Å²) in [4.78, 5) is 13.4. The molecule has 0 saturated carbocycles. The fourth-order valence-electron chi connectivity index (χ4n) is 3.86. The lowest BCUT2D eigenvalue weighted by Crippen LogP contribution is -2.42. The van der Waals surface area contributed by atoms with E-state index >= 15 is 0 Å². The Hall–Kier alpha value is -3.97. The summed E-state index contributed by atoms with van der Waals surface area (Å²) < 4.78 is 41.8. The summed E-state index contributed by atoms with van der Waals surface area (Å²) in [6, 6.07) is 28.2. The number of aryl methyl sites for hydroxylation is 2. The van der Waals surface area contributed by atoms with Gasteiger partial charge in [0.1, 0.15) is 12.4 Å². The van der Waals surface area contributed by atoms with Crippen LogP contribution in [0.15, 0.2) is 108 Å². The van der Waals surface area contributed by atoms with E-state index < -0.39 is 34.3 Å². The first-order chi connectivity index (χ1) is 17.2. The molecule has 0 unspecified atom stereocenters. The van der Waals surface area contributed by atoms with Crippen molar-refractivity contribution in [1.82, 2.24) is 5.32 Å². The summed E-state index contributed by atoms with van der Waals surface area (Å²) in [5, 5.41) is 2.99. The van der Waals surface area contributed by atoms with E-state index in [2.05, 4.69) is 5.32 Å². The van der Waals surface area contributed by atoms with Gasteiger partial charge < -0.3 is 5.32 Å². The van der Waals surface area contributed by atoms with Gasteiger partial charge in [-0.1, -0.05) is 77.9 Å². The van der Waals surface area contributed by atoms with Crippen LogP contribution in [-0.4, -0.2) is 20.9 Å². The van der Waals surface area contributed by atoms with Crippen molar-refractivity contribution in [2.24, 2.45) is 0 Å². The van der Waals surface area contributed by atoms with Gasteiger partial charge in [0.15, 0.2) is 0 Å². The number of anilines is 1. The average molecular weight is 503 g/mol. The number of rotatable bonds is 8. The topological polar surface area (TPSA) is 66.5 Å². The highest BCUT2D eigenvalue weighted by molar-refractivity contribution is 7.92. The molecule has 7 heteroatoms. The van der Waals surface area contributed by atoms with Crippen LogP contribution < -0.4 is 9.62 Å². The minimum atomic E-state index is -4.10. The fourth-order valence-corrected chi connectivity index (χ4v) is 5.28. The lowest BCUT2D eigenvalue weighted by atomic mass is 9.98. The van der Waals surface area contributed by atoms with Gasteiger partial charge in [-0.05, 0) is 61.4 Å². The second-order valence-electron chi connectivity index (χ2n) is 8.62. The molecule has 4 rings (SSSR count). The number of sulfonamides is 1. The number of hydrogen-bond donors (Lipinski definition) is 1. The van der Waals surface area contributed by atoms with Crippen LogP contribution in [0, 0.1) is 19.7 Å². The number of carbonyl (C=O) groups is 1. The second-order valence-corrected chi connectivity index (χ2v) is 10.5. The Kier molecular flexibility index (Phi) is 7.50. The molecule has 4 aromatic rings. The number of nitrogens with one attached hydrogen (secondary N) is 1. The quantitative estimate of drug-likeness (QED) is 0.344. The second kappa shape index (κ2) is 10.7. The molecule has 0 aromatic heterocycles. The third-order valence-electron chi connectivity index (χ3n) is 5.86. The van der Waals surface area contributed by atoms with Gasteiger partial charge in [0, 0.05) is 0 Å². The van der Waals surface area contributed by atoms with Crippen LogP contribution in [0.5, 0.6) is 0 Å². The van der Waals surface area contributed by atoms with Crippen molar-refractivity contribution >= 4 is 21.6 Å². The third-order valence-corrected chi connectivity index (χ3v) is 7.65. The zero-order chi connectivity index (χ0) is 25.7. The maximum Gasteiger partial charge on any atom is 0.264 e. The van der Waals surface area contributed by atoms with Crippen LogP contribution in [0.25, 0.3) is 0 Å². The molecule has 0 fully saturated rings. The third kappa shape index (κ3) is 5.80. The van der Waals surface area contributed by atoms with Crippen LogP contribution in [0.2, 0.25) is 0 Å². The molecule has 0 aliphatic carbocycles. The Morgan fingerprint density at radius 3 is 1.89 bits per heavy atom. The predicted octanol–water partition coefficient (Wildman–Crippen LogP) is 5.54. The summed E-state index contributed by atoms with van der Waals surface area (Å²) in [6.07, 6.45) is 0. The Morgan fingerprint density at radius 1 is 0.778 bits per heavy atom. The van der Waals surface area contributed by atoms with Crippen molar-refractivity contribution in [2.45, 2.75) is 24.8 Å². The first-order valence-corrected chi connectivity index (χ1v) is 12.9. The van der Waals surface area contributed by atoms with Gasteiger partial charge in [-0.3, -0.25) is 9.10 Å². The number of hydrogen-bond acceptors (Lipinski definition) is 3. The summed E-state index contributed by atoms with van der Waals surface area (Å²) in [5.74, 6) is -0.996. The van der Waals surface area contributed by atoms with Crippen molar-refractivity contribution in [3.05, 3.63) is 131 Å². The maximum atomic E-state index is 13.6. The van der Waals surface area contributed by atoms with Gasteiger partial charge in [-0.15, -0.1) is 0 Å². The molecule has 184 valence electrons. The van der Waals surface area contributed by atoms with Crippen LogP contribution in [-0.2, 0) is 14.8 Å². The highest BCUT2D eigenvalue weighted by Crippen LogP contribution is 2.26. The molecule has 1 N–H and O–H groups in total. The molecular weight excluding hydrogens is 475 g/mol. The van der Waals surface area contributed by atoms with Crippen LogP contribution in [0.1, 0.15) is 28.3 Å². The Morgan fingerprint density at radius 2 is 1.31 bits per heavy atom. The lowest BCUT2D eigenvalue weighted by molar-refractivity contribution is -0.120. The molecule has 36 heavy (non-hydrogen) atoms. The summed E-state index contributed by atoms with van der Waals surface area (Å²) in [5.41, 5.74) is 3.92. The van der Waals surface area contributed by atoms with Gasteiger partial charge in [-0.25, -0.2) is 12.8 Å². The van der Waals surface area contributed by atoms with Crippen molar-refractivity contribution in [1.29, 1.82) is 0 Å². The molecule has 4 aromatic carbocycles. The molecule has 1 amide bonds. The summed E-state index contributed by atoms with van der Waals surface area (Å²) in [7, 11) is -4.10. The molecule has 1 atom stereocenters. The van der Waals surface area contributed by atoms with Gasteiger partial charge >= 0.3 is 0 Å². The lowest BCUT2D eigenvalue weighted by Gasteiger charge is -2.26. The highest BCUT2D eigenvalue weighted by atomic mass is 32.2. The minimum absolute atomic E-state index is 0.0448. The van der Waals surface area contributed by atoms with Crippen molar-refractivity contribution < 1.29 is 17.6 Å². The zero-order valence-corrected chi connectivity index (χ0v) is 20.9. The molecule has 0 aliphatic heterocycles. The van der Waals surface area contributed by atoms with Crippen molar-refractivity contribution in [2.75, 3.05) is 10.8 Å². The summed E-state index contributed by atoms with van der Waals surface area (Å²) >= 11 is 0. The average Bonchev–Trinajstić information content (AvgIpc) is 2.88. The standard InChI is InChI=1S/C29H27FN2O3S/c1-21-8-12-24(13-9-21)29(23-6-4-3-5-7-23)31-28(33)20-32(26-16-14-25(30)15-17-26)36(34,35)27-18-10-22(2)11-19-27/h3-19,29H,20H2,1-2H3,(H,31,33)/t29-/m0/s1. The van der Waals surface area contributed by atoms with Crippen LogP contribution >= 0.6 is 0 Å². The smallest absolute Gasteiger partial charge is 0.264 e. The molecule has 0 spiro atoms. The molecular formula is C29H27FN2O3S. The van der Waals surface area contributed by atoms with E-state index in [1.165, 1.54) is 36.4 Å². The van der Waals surface area contributed by atoms with Crippen molar-refractivity contribution in [3.8, 4) is 0 Å². The van der Waals surface area contributed by atoms with Gasteiger partial charge in [0.05, 0.1) is 16.6 Å². The van der Waals surface area contributed by atoms with Crippen LogP contribution in [0.3, 0.4) is 0 Å². The van der Waals surface area contributed by atoms with Gasteiger partial charge in [0.2, 0.25) is 5.91 Å². The zero-order valence-electron chi connectivity index (χ0n) is 20.1. The molecule has 5 nitrogen and oxygen atoms in total.